The predicted octanol–water partition coefficient (Wildman–Crippen LogP) is 4.01. The standard InChI is InChI=1S/C16H22O2/c1-18-15-11-7-10-14(12-15)16(17)13-8-5-3-2-4-6-9-13/h7-8,10-12,16-17H,2-6,9H2,1H3/b13-8+. The van der Waals surface area contributed by atoms with Crippen LogP contribution < -0.4 is 4.74 Å². The summed E-state index contributed by atoms with van der Waals surface area (Å²) in [6.07, 6.45) is 8.89. The number of allylic oxidation sites excluding steroid dienone is 1. The van der Waals surface area contributed by atoms with Crippen LogP contribution in [-0.2, 0) is 0 Å². The number of aliphatic hydroxyl groups is 1. The largest absolute Gasteiger partial charge is 0.497 e. The van der Waals surface area contributed by atoms with E-state index < -0.39 is 6.10 Å². The zero-order chi connectivity index (χ0) is 12.8. The molecule has 0 aliphatic heterocycles. The number of methoxy groups -OCH3 is 1. The van der Waals surface area contributed by atoms with Crippen molar-refractivity contribution in [2.24, 2.45) is 0 Å². The number of rotatable bonds is 3. The monoisotopic (exact) mass is 246 g/mol. The smallest absolute Gasteiger partial charge is 0.119 e. The van der Waals surface area contributed by atoms with Crippen molar-refractivity contribution in [3.63, 3.8) is 0 Å². The van der Waals surface area contributed by atoms with Gasteiger partial charge in [0.2, 0.25) is 0 Å². The van der Waals surface area contributed by atoms with Gasteiger partial charge in [-0.2, -0.15) is 0 Å². The summed E-state index contributed by atoms with van der Waals surface area (Å²) in [6.45, 7) is 0. The Labute approximate surface area is 109 Å². The molecule has 0 amide bonds. The number of aliphatic hydroxyl groups excluding tert-OH is 1. The predicted molar refractivity (Wildman–Crippen MR) is 73.7 cm³/mol. The van der Waals surface area contributed by atoms with Crippen LogP contribution >= 0.6 is 0 Å². The summed E-state index contributed by atoms with van der Waals surface area (Å²) < 4.78 is 5.21. The van der Waals surface area contributed by atoms with Crippen molar-refractivity contribution in [2.75, 3.05) is 7.11 Å². The van der Waals surface area contributed by atoms with E-state index in [9.17, 15) is 5.11 Å². The molecule has 18 heavy (non-hydrogen) atoms. The third-order valence-electron chi connectivity index (χ3n) is 3.59. The molecule has 1 aromatic rings. The Kier molecular flexibility index (Phi) is 4.82. The molecule has 1 aliphatic rings. The summed E-state index contributed by atoms with van der Waals surface area (Å²) in [7, 11) is 1.65. The molecule has 0 fully saturated rings. The molecule has 0 heterocycles. The molecule has 2 heteroatoms. The molecule has 2 rings (SSSR count). The van der Waals surface area contributed by atoms with Crippen LogP contribution in [0.5, 0.6) is 5.75 Å². The topological polar surface area (TPSA) is 29.5 Å². The van der Waals surface area contributed by atoms with E-state index in [0.29, 0.717) is 0 Å². The number of ether oxygens (including phenoxy) is 1. The van der Waals surface area contributed by atoms with Crippen molar-refractivity contribution in [2.45, 2.75) is 44.6 Å². The van der Waals surface area contributed by atoms with Crippen molar-refractivity contribution in [1.29, 1.82) is 0 Å². The fourth-order valence-electron chi connectivity index (χ4n) is 2.49. The van der Waals surface area contributed by atoms with E-state index >= 15 is 0 Å². The molecule has 0 spiro atoms. The van der Waals surface area contributed by atoms with Crippen molar-refractivity contribution in [3.05, 3.63) is 41.5 Å². The van der Waals surface area contributed by atoms with Crippen LogP contribution in [0.25, 0.3) is 0 Å². The molecule has 1 atom stereocenters. The van der Waals surface area contributed by atoms with E-state index in [1.165, 1.54) is 31.3 Å². The first kappa shape index (κ1) is 13.2. The van der Waals surface area contributed by atoms with E-state index in [0.717, 1.165) is 24.2 Å². The summed E-state index contributed by atoms with van der Waals surface area (Å²) in [4.78, 5) is 0. The van der Waals surface area contributed by atoms with Gasteiger partial charge in [0.15, 0.2) is 0 Å². The summed E-state index contributed by atoms with van der Waals surface area (Å²) in [6, 6.07) is 7.72. The highest BCUT2D eigenvalue weighted by molar-refractivity contribution is 5.33. The normalized spacial score (nSPS) is 21.3. The Hall–Kier alpha value is -1.28. The van der Waals surface area contributed by atoms with Gasteiger partial charge in [0.1, 0.15) is 11.9 Å². The highest BCUT2D eigenvalue weighted by Gasteiger charge is 2.14. The highest BCUT2D eigenvalue weighted by atomic mass is 16.5. The maximum absolute atomic E-state index is 10.5. The highest BCUT2D eigenvalue weighted by Crippen LogP contribution is 2.30. The van der Waals surface area contributed by atoms with E-state index in [2.05, 4.69) is 6.08 Å². The molecule has 2 nitrogen and oxygen atoms in total. The van der Waals surface area contributed by atoms with Crippen molar-refractivity contribution >= 4 is 0 Å². The summed E-state index contributed by atoms with van der Waals surface area (Å²) in [5.74, 6) is 0.804. The van der Waals surface area contributed by atoms with Gasteiger partial charge in [-0.1, -0.05) is 31.1 Å². The second-order valence-electron chi connectivity index (χ2n) is 4.91. The lowest BCUT2D eigenvalue weighted by Gasteiger charge is -2.18. The van der Waals surface area contributed by atoms with Crippen LogP contribution in [0.2, 0.25) is 0 Å². The number of hydrogen-bond acceptors (Lipinski definition) is 2. The minimum Gasteiger partial charge on any atom is -0.497 e. The molecule has 0 saturated carbocycles. The van der Waals surface area contributed by atoms with Gasteiger partial charge in [-0.25, -0.2) is 0 Å². The average Bonchev–Trinajstić information content (AvgIpc) is 2.38. The first-order valence-electron chi connectivity index (χ1n) is 6.82. The molecular formula is C16H22O2. The second kappa shape index (κ2) is 6.60. The van der Waals surface area contributed by atoms with Crippen LogP contribution in [0.4, 0.5) is 0 Å². The Morgan fingerprint density at radius 1 is 1.17 bits per heavy atom. The minimum atomic E-state index is -0.474. The molecule has 1 aromatic carbocycles. The van der Waals surface area contributed by atoms with Crippen molar-refractivity contribution in [3.8, 4) is 5.75 Å². The lowest BCUT2D eigenvalue weighted by atomic mass is 9.93. The van der Waals surface area contributed by atoms with Crippen LogP contribution in [0.1, 0.15) is 50.2 Å². The van der Waals surface area contributed by atoms with Crippen LogP contribution in [0.3, 0.4) is 0 Å². The van der Waals surface area contributed by atoms with Crippen molar-refractivity contribution < 1.29 is 9.84 Å². The summed E-state index contributed by atoms with van der Waals surface area (Å²) in [5.41, 5.74) is 2.10. The Morgan fingerprint density at radius 2 is 2.00 bits per heavy atom. The molecule has 1 aliphatic carbocycles. The maximum Gasteiger partial charge on any atom is 0.119 e. The van der Waals surface area contributed by atoms with Gasteiger partial charge in [0.05, 0.1) is 7.11 Å². The molecular weight excluding hydrogens is 224 g/mol. The maximum atomic E-state index is 10.5. The third kappa shape index (κ3) is 3.36. The van der Waals surface area contributed by atoms with Gasteiger partial charge in [0, 0.05) is 0 Å². The molecule has 1 unspecified atom stereocenters. The molecule has 0 bridgehead atoms. The lowest BCUT2D eigenvalue weighted by Crippen LogP contribution is -2.04. The molecule has 0 aromatic heterocycles. The SMILES string of the molecule is COc1cccc(C(O)/C2=C/CCCCCC2)c1. The van der Waals surface area contributed by atoms with Crippen LogP contribution in [0, 0.1) is 0 Å². The Bertz CT molecular complexity index is 409. The van der Waals surface area contributed by atoms with E-state index in [1.807, 2.05) is 24.3 Å². The van der Waals surface area contributed by atoms with Gasteiger partial charge in [-0.05, 0) is 49.0 Å². The van der Waals surface area contributed by atoms with Crippen LogP contribution in [-0.4, -0.2) is 12.2 Å². The van der Waals surface area contributed by atoms with Gasteiger partial charge in [-0.3, -0.25) is 0 Å². The van der Waals surface area contributed by atoms with Gasteiger partial charge in [-0.15, -0.1) is 0 Å². The van der Waals surface area contributed by atoms with Gasteiger partial charge < -0.3 is 9.84 Å². The second-order valence-corrected chi connectivity index (χ2v) is 4.91. The first-order valence-corrected chi connectivity index (χ1v) is 6.82. The zero-order valence-corrected chi connectivity index (χ0v) is 11.1. The lowest BCUT2D eigenvalue weighted by molar-refractivity contribution is 0.208. The fourth-order valence-corrected chi connectivity index (χ4v) is 2.49. The molecule has 0 saturated heterocycles. The Morgan fingerprint density at radius 3 is 2.83 bits per heavy atom. The molecule has 98 valence electrons. The number of hydrogen-bond donors (Lipinski definition) is 1. The average molecular weight is 246 g/mol. The Balaban J connectivity index is 2.15. The third-order valence-corrected chi connectivity index (χ3v) is 3.59. The van der Waals surface area contributed by atoms with E-state index in [4.69, 9.17) is 4.74 Å². The van der Waals surface area contributed by atoms with E-state index in [-0.39, 0.29) is 0 Å². The van der Waals surface area contributed by atoms with Crippen LogP contribution in [0.15, 0.2) is 35.9 Å². The van der Waals surface area contributed by atoms with Gasteiger partial charge >= 0.3 is 0 Å². The zero-order valence-electron chi connectivity index (χ0n) is 11.1. The minimum absolute atomic E-state index is 0.474. The first-order chi connectivity index (χ1) is 8.81. The molecule has 1 N–H and O–H groups in total. The molecule has 0 radical (unpaired) electrons. The van der Waals surface area contributed by atoms with Crippen molar-refractivity contribution in [1.82, 2.24) is 0 Å². The summed E-state index contributed by atoms with van der Waals surface area (Å²) in [5, 5.41) is 10.5. The fraction of sp³-hybridized carbons (Fsp3) is 0.500. The van der Waals surface area contributed by atoms with E-state index in [1.54, 1.807) is 7.11 Å². The quantitative estimate of drug-likeness (QED) is 0.816. The summed E-state index contributed by atoms with van der Waals surface area (Å²) >= 11 is 0. The van der Waals surface area contributed by atoms with Gasteiger partial charge in [0.25, 0.3) is 0 Å². The number of benzene rings is 1.